The van der Waals surface area contributed by atoms with Crippen LogP contribution in [0, 0.1) is 0 Å². The molecule has 31 heavy (non-hydrogen) atoms. The van der Waals surface area contributed by atoms with Crippen LogP contribution in [0.25, 0.3) is 0 Å². The Morgan fingerprint density at radius 1 is 0.903 bits per heavy atom. The Hall–Kier alpha value is -3.15. The molecule has 0 bridgehead atoms. The van der Waals surface area contributed by atoms with Crippen molar-refractivity contribution in [3.05, 3.63) is 59.7 Å². The zero-order valence-corrected chi connectivity index (χ0v) is 18.0. The quantitative estimate of drug-likeness (QED) is 0.631. The van der Waals surface area contributed by atoms with Gasteiger partial charge in [-0.05, 0) is 56.2 Å². The van der Waals surface area contributed by atoms with Gasteiger partial charge in [0.2, 0.25) is 0 Å². The van der Waals surface area contributed by atoms with Gasteiger partial charge in [0.05, 0.1) is 5.56 Å². The second-order valence-corrected chi connectivity index (χ2v) is 7.98. The fourth-order valence-electron chi connectivity index (χ4n) is 3.77. The van der Waals surface area contributed by atoms with Crippen LogP contribution in [0.5, 0.6) is 5.75 Å². The molecule has 6 heteroatoms. The van der Waals surface area contributed by atoms with Gasteiger partial charge in [-0.2, -0.15) is 0 Å². The number of rotatable bonds is 7. The largest absolute Gasteiger partial charge is 0.483 e. The third kappa shape index (κ3) is 6.95. The molecule has 0 aliphatic heterocycles. The van der Waals surface area contributed by atoms with E-state index in [4.69, 9.17) is 4.74 Å². The average molecular weight is 423 g/mol. The van der Waals surface area contributed by atoms with E-state index < -0.39 is 0 Å². The summed E-state index contributed by atoms with van der Waals surface area (Å²) in [6.07, 6.45) is 7.99. The first-order chi connectivity index (χ1) is 15.0. The van der Waals surface area contributed by atoms with Gasteiger partial charge in [-0.25, -0.2) is 0 Å². The summed E-state index contributed by atoms with van der Waals surface area (Å²) >= 11 is 0. The molecule has 3 rings (SSSR count). The second kappa shape index (κ2) is 11.3. The molecule has 0 saturated heterocycles. The van der Waals surface area contributed by atoms with E-state index in [-0.39, 0.29) is 30.2 Å². The summed E-state index contributed by atoms with van der Waals surface area (Å²) in [7, 11) is 0. The van der Waals surface area contributed by atoms with Gasteiger partial charge >= 0.3 is 0 Å². The van der Waals surface area contributed by atoms with Crippen LogP contribution in [-0.4, -0.2) is 30.2 Å². The molecule has 2 aromatic carbocycles. The minimum absolute atomic E-state index is 0.0319. The predicted octanol–water partition coefficient (Wildman–Crippen LogP) is 4.75. The standard InChI is InChI=1S/C25H30N2O4/c1-18(28)19-13-15-21(16-14-19)26-24(29)17-31-23-12-8-7-11-22(23)25(30)27-20-9-5-3-2-4-6-10-20/h7-8,11-16,20H,2-6,9-10,17H2,1H3,(H,26,29)(H,27,30). The number of hydrogen-bond acceptors (Lipinski definition) is 4. The molecule has 1 aliphatic rings. The Labute approximate surface area is 183 Å². The summed E-state index contributed by atoms with van der Waals surface area (Å²) in [4.78, 5) is 36.4. The molecule has 1 aliphatic carbocycles. The highest BCUT2D eigenvalue weighted by molar-refractivity contribution is 5.98. The van der Waals surface area contributed by atoms with Crippen LogP contribution < -0.4 is 15.4 Å². The van der Waals surface area contributed by atoms with Gasteiger partial charge in [-0.1, -0.05) is 44.2 Å². The first-order valence-corrected chi connectivity index (χ1v) is 11.0. The van der Waals surface area contributed by atoms with Crippen molar-refractivity contribution in [1.82, 2.24) is 5.32 Å². The number of benzene rings is 2. The molecule has 0 heterocycles. The summed E-state index contributed by atoms with van der Waals surface area (Å²) in [6, 6.07) is 13.8. The first-order valence-electron chi connectivity index (χ1n) is 11.0. The van der Waals surface area contributed by atoms with Gasteiger partial charge in [-0.15, -0.1) is 0 Å². The minimum atomic E-state index is -0.342. The van der Waals surface area contributed by atoms with Crippen LogP contribution in [0.2, 0.25) is 0 Å². The number of hydrogen-bond donors (Lipinski definition) is 2. The number of carbonyl (C=O) groups is 3. The Bertz CT molecular complexity index is 900. The number of ketones is 1. The molecule has 0 aromatic heterocycles. The summed E-state index contributed by atoms with van der Waals surface area (Å²) in [5.41, 5.74) is 1.59. The van der Waals surface area contributed by atoms with Gasteiger partial charge in [0.1, 0.15) is 5.75 Å². The van der Waals surface area contributed by atoms with Crippen molar-refractivity contribution in [3.63, 3.8) is 0 Å². The van der Waals surface area contributed by atoms with Crippen LogP contribution in [0.3, 0.4) is 0 Å². The van der Waals surface area contributed by atoms with Crippen LogP contribution in [0.15, 0.2) is 48.5 Å². The van der Waals surface area contributed by atoms with E-state index in [1.54, 1.807) is 48.5 Å². The topological polar surface area (TPSA) is 84.5 Å². The Morgan fingerprint density at radius 3 is 2.23 bits per heavy atom. The highest BCUT2D eigenvalue weighted by Crippen LogP contribution is 2.21. The van der Waals surface area contributed by atoms with Crippen molar-refractivity contribution < 1.29 is 19.1 Å². The van der Waals surface area contributed by atoms with E-state index in [0.717, 1.165) is 25.7 Å². The van der Waals surface area contributed by atoms with Crippen molar-refractivity contribution in [2.24, 2.45) is 0 Å². The van der Waals surface area contributed by atoms with Gasteiger partial charge in [0, 0.05) is 17.3 Å². The number of carbonyl (C=O) groups excluding carboxylic acids is 3. The predicted molar refractivity (Wildman–Crippen MR) is 121 cm³/mol. The molecule has 2 amide bonds. The third-order valence-corrected chi connectivity index (χ3v) is 5.51. The van der Waals surface area contributed by atoms with E-state index in [9.17, 15) is 14.4 Å². The highest BCUT2D eigenvalue weighted by Gasteiger charge is 2.18. The lowest BCUT2D eigenvalue weighted by atomic mass is 9.96. The lowest BCUT2D eigenvalue weighted by molar-refractivity contribution is -0.118. The summed E-state index contributed by atoms with van der Waals surface area (Å²) < 4.78 is 5.66. The maximum Gasteiger partial charge on any atom is 0.262 e. The summed E-state index contributed by atoms with van der Waals surface area (Å²) in [5.74, 6) is -0.157. The van der Waals surface area contributed by atoms with Crippen LogP contribution in [0.4, 0.5) is 5.69 Å². The lowest BCUT2D eigenvalue weighted by Crippen LogP contribution is -2.35. The van der Waals surface area contributed by atoms with Gasteiger partial charge in [-0.3, -0.25) is 14.4 Å². The van der Waals surface area contributed by atoms with E-state index in [0.29, 0.717) is 22.6 Å². The second-order valence-electron chi connectivity index (χ2n) is 7.98. The van der Waals surface area contributed by atoms with Crippen LogP contribution in [-0.2, 0) is 4.79 Å². The molecule has 2 aromatic rings. The summed E-state index contributed by atoms with van der Waals surface area (Å²) in [6.45, 7) is 1.27. The zero-order chi connectivity index (χ0) is 22.1. The van der Waals surface area contributed by atoms with E-state index in [1.165, 1.54) is 26.2 Å². The molecule has 164 valence electrons. The van der Waals surface area contributed by atoms with Crippen molar-refractivity contribution in [2.75, 3.05) is 11.9 Å². The molecule has 0 radical (unpaired) electrons. The Kier molecular flexibility index (Phi) is 8.21. The number of amides is 2. The highest BCUT2D eigenvalue weighted by atomic mass is 16.5. The average Bonchev–Trinajstić information content (AvgIpc) is 2.74. The Balaban J connectivity index is 1.56. The monoisotopic (exact) mass is 422 g/mol. The van der Waals surface area contributed by atoms with E-state index >= 15 is 0 Å². The van der Waals surface area contributed by atoms with Crippen molar-refractivity contribution in [2.45, 2.75) is 57.9 Å². The Morgan fingerprint density at radius 2 is 1.55 bits per heavy atom. The number of anilines is 1. The van der Waals surface area contributed by atoms with Gasteiger partial charge in [0.15, 0.2) is 12.4 Å². The molecular weight excluding hydrogens is 392 g/mol. The molecular formula is C25H30N2O4. The molecule has 0 unspecified atom stereocenters. The number of nitrogens with one attached hydrogen (secondary N) is 2. The first kappa shape index (κ1) is 22.5. The molecule has 1 fully saturated rings. The summed E-state index contributed by atoms with van der Waals surface area (Å²) in [5, 5.41) is 5.87. The van der Waals surface area contributed by atoms with Crippen molar-refractivity contribution in [1.29, 1.82) is 0 Å². The SMILES string of the molecule is CC(=O)c1ccc(NC(=O)COc2ccccc2C(=O)NC2CCCCCCC2)cc1. The minimum Gasteiger partial charge on any atom is -0.483 e. The van der Waals surface area contributed by atoms with Crippen molar-refractivity contribution in [3.8, 4) is 5.75 Å². The number of ether oxygens (including phenoxy) is 1. The van der Waals surface area contributed by atoms with E-state index in [1.807, 2.05) is 0 Å². The molecule has 2 N–H and O–H groups in total. The number of para-hydroxylation sites is 1. The van der Waals surface area contributed by atoms with Gasteiger partial charge < -0.3 is 15.4 Å². The molecule has 0 atom stereocenters. The van der Waals surface area contributed by atoms with Crippen LogP contribution >= 0.6 is 0 Å². The smallest absolute Gasteiger partial charge is 0.262 e. The van der Waals surface area contributed by atoms with Crippen LogP contribution in [0.1, 0.15) is 72.6 Å². The normalized spacial score (nSPS) is 14.7. The fourth-order valence-corrected chi connectivity index (χ4v) is 3.77. The van der Waals surface area contributed by atoms with Crippen molar-refractivity contribution >= 4 is 23.3 Å². The molecule has 6 nitrogen and oxygen atoms in total. The van der Waals surface area contributed by atoms with E-state index in [2.05, 4.69) is 10.6 Å². The third-order valence-electron chi connectivity index (χ3n) is 5.51. The fraction of sp³-hybridized carbons (Fsp3) is 0.400. The number of Topliss-reactive ketones (excluding diaryl/α,β-unsaturated/α-hetero) is 1. The van der Waals surface area contributed by atoms with Gasteiger partial charge in [0.25, 0.3) is 11.8 Å². The maximum atomic E-state index is 12.8. The maximum absolute atomic E-state index is 12.8. The lowest BCUT2D eigenvalue weighted by Gasteiger charge is -2.21. The zero-order valence-electron chi connectivity index (χ0n) is 18.0. The molecule has 1 saturated carbocycles. The molecule has 0 spiro atoms.